The average Bonchev–Trinajstić information content (AvgIpc) is 2.51. The Hall–Kier alpha value is -1.22. The van der Waals surface area contributed by atoms with Crippen LogP contribution in [0.4, 0.5) is 0 Å². The molecule has 1 aromatic carbocycles. The van der Waals surface area contributed by atoms with Crippen molar-refractivity contribution >= 4 is 15.9 Å². The van der Waals surface area contributed by atoms with Crippen LogP contribution >= 0.6 is 15.9 Å². The third-order valence-electron chi connectivity index (χ3n) is 4.12. The average molecular weight is 345 g/mol. The SMILES string of the molecule is Brc1cccc(CCCCc2ncc3c(n2)CCCC3)c1. The summed E-state index contributed by atoms with van der Waals surface area (Å²) in [5.74, 6) is 1.03. The first-order valence-electron chi connectivity index (χ1n) is 7.89. The van der Waals surface area contributed by atoms with Crippen molar-refractivity contribution in [3.63, 3.8) is 0 Å². The summed E-state index contributed by atoms with van der Waals surface area (Å²) in [6.45, 7) is 0. The van der Waals surface area contributed by atoms with Crippen molar-refractivity contribution in [2.24, 2.45) is 0 Å². The Morgan fingerprint density at radius 1 is 1.05 bits per heavy atom. The van der Waals surface area contributed by atoms with Gasteiger partial charge >= 0.3 is 0 Å². The first-order valence-corrected chi connectivity index (χ1v) is 8.69. The zero-order chi connectivity index (χ0) is 14.5. The van der Waals surface area contributed by atoms with Crippen LogP contribution in [0.15, 0.2) is 34.9 Å². The van der Waals surface area contributed by atoms with Crippen LogP contribution in [-0.4, -0.2) is 9.97 Å². The van der Waals surface area contributed by atoms with Gasteiger partial charge in [0.1, 0.15) is 5.82 Å². The van der Waals surface area contributed by atoms with Crippen LogP contribution in [0.25, 0.3) is 0 Å². The molecule has 21 heavy (non-hydrogen) atoms. The number of rotatable bonds is 5. The van der Waals surface area contributed by atoms with Crippen LogP contribution in [0.3, 0.4) is 0 Å². The molecule has 1 heterocycles. The highest BCUT2D eigenvalue weighted by atomic mass is 79.9. The molecule has 2 nitrogen and oxygen atoms in total. The molecule has 0 saturated carbocycles. The van der Waals surface area contributed by atoms with Crippen LogP contribution in [0.2, 0.25) is 0 Å². The number of hydrogen-bond donors (Lipinski definition) is 0. The van der Waals surface area contributed by atoms with Gasteiger partial charge in [-0.2, -0.15) is 0 Å². The van der Waals surface area contributed by atoms with Crippen molar-refractivity contribution in [3.05, 3.63) is 57.6 Å². The van der Waals surface area contributed by atoms with Gasteiger partial charge in [0.15, 0.2) is 0 Å². The first-order chi connectivity index (χ1) is 10.3. The lowest BCUT2D eigenvalue weighted by molar-refractivity contribution is 0.642. The summed E-state index contributed by atoms with van der Waals surface area (Å²) in [5.41, 5.74) is 4.08. The van der Waals surface area contributed by atoms with E-state index in [9.17, 15) is 0 Å². The number of hydrogen-bond acceptors (Lipinski definition) is 2. The van der Waals surface area contributed by atoms with E-state index in [0.717, 1.165) is 36.0 Å². The Balaban J connectivity index is 1.49. The topological polar surface area (TPSA) is 25.8 Å². The molecule has 3 rings (SSSR count). The summed E-state index contributed by atoms with van der Waals surface area (Å²) in [6, 6.07) is 8.58. The van der Waals surface area contributed by atoms with Gasteiger partial charge in [-0.15, -0.1) is 0 Å². The summed E-state index contributed by atoms with van der Waals surface area (Å²) >= 11 is 3.52. The van der Waals surface area contributed by atoms with E-state index >= 15 is 0 Å². The standard InChI is InChI=1S/C18H21BrN2/c19-16-9-5-7-14(12-16)6-1-4-11-18-20-13-15-8-2-3-10-17(15)21-18/h5,7,9,12-13H,1-4,6,8,10-11H2. The van der Waals surface area contributed by atoms with Gasteiger partial charge in [0.25, 0.3) is 0 Å². The van der Waals surface area contributed by atoms with Crippen LogP contribution in [0.1, 0.15) is 48.3 Å². The molecule has 1 aliphatic rings. The third-order valence-corrected chi connectivity index (χ3v) is 4.61. The normalized spacial score (nSPS) is 14.0. The van der Waals surface area contributed by atoms with Gasteiger partial charge in [-0.3, -0.25) is 0 Å². The second kappa shape index (κ2) is 7.17. The Kier molecular flexibility index (Phi) is 5.02. The molecule has 0 fully saturated rings. The van der Waals surface area contributed by atoms with Crippen molar-refractivity contribution in [1.29, 1.82) is 0 Å². The Morgan fingerprint density at radius 2 is 1.90 bits per heavy atom. The maximum absolute atomic E-state index is 4.75. The summed E-state index contributed by atoms with van der Waals surface area (Å²) in [7, 11) is 0. The molecule has 0 bridgehead atoms. The lowest BCUT2D eigenvalue weighted by Gasteiger charge is -2.14. The summed E-state index contributed by atoms with van der Waals surface area (Å²) in [4.78, 5) is 9.29. The van der Waals surface area contributed by atoms with Crippen molar-refractivity contribution in [1.82, 2.24) is 9.97 Å². The van der Waals surface area contributed by atoms with Crippen LogP contribution in [0.5, 0.6) is 0 Å². The lowest BCUT2D eigenvalue weighted by Crippen LogP contribution is -2.09. The predicted molar refractivity (Wildman–Crippen MR) is 89.5 cm³/mol. The second-order valence-corrected chi connectivity index (χ2v) is 6.72. The molecule has 0 radical (unpaired) electrons. The summed E-state index contributed by atoms with van der Waals surface area (Å²) in [5, 5.41) is 0. The van der Waals surface area contributed by atoms with Gasteiger partial charge in [-0.1, -0.05) is 28.1 Å². The van der Waals surface area contributed by atoms with E-state index in [4.69, 9.17) is 4.98 Å². The predicted octanol–water partition coefficient (Wildman–Crippen LogP) is 4.68. The van der Waals surface area contributed by atoms with Crippen molar-refractivity contribution in [3.8, 4) is 0 Å². The number of aromatic nitrogens is 2. The minimum absolute atomic E-state index is 1.00. The number of benzene rings is 1. The monoisotopic (exact) mass is 344 g/mol. The molecule has 110 valence electrons. The molecule has 0 atom stereocenters. The van der Waals surface area contributed by atoms with E-state index in [1.165, 1.54) is 42.5 Å². The number of aryl methyl sites for hydroxylation is 4. The molecule has 0 amide bonds. The first kappa shape index (κ1) is 14.7. The molecule has 1 aliphatic carbocycles. The third kappa shape index (κ3) is 4.13. The maximum Gasteiger partial charge on any atom is 0.128 e. The Morgan fingerprint density at radius 3 is 2.81 bits per heavy atom. The fraction of sp³-hybridized carbons (Fsp3) is 0.444. The zero-order valence-electron chi connectivity index (χ0n) is 12.3. The molecule has 3 heteroatoms. The highest BCUT2D eigenvalue weighted by Gasteiger charge is 2.11. The quantitative estimate of drug-likeness (QED) is 0.735. The van der Waals surface area contributed by atoms with Gasteiger partial charge in [0.2, 0.25) is 0 Å². The number of unbranched alkanes of at least 4 members (excludes halogenated alkanes) is 1. The molecule has 0 aliphatic heterocycles. The van der Waals surface area contributed by atoms with E-state index in [1.54, 1.807) is 0 Å². The largest absolute Gasteiger partial charge is 0.241 e. The zero-order valence-corrected chi connectivity index (χ0v) is 13.9. The number of halogens is 1. The van der Waals surface area contributed by atoms with Gasteiger partial charge in [0.05, 0.1) is 0 Å². The van der Waals surface area contributed by atoms with E-state index in [-0.39, 0.29) is 0 Å². The summed E-state index contributed by atoms with van der Waals surface area (Å²) < 4.78 is 1.16. The number of nitrogens with zero attached hydrogens (tertiary/aromatic N) is 2. The van der Waals surface area contributed by atoms with E-state index in [0.29, 0.717) is 0 Å². The van der Waals surface area contributed by atoms with Gasteiger partial charge < -0.3 is 0 Å². The smallest absolute Gasteiger partial charge is 0.128 e. The fourth-order valence-corrected chi connectivity index (χ4v) is 3.39. The Labute approximate surface area is 135 Å². The van der Waals surface area contributed by atoms with Crippen molar-refractivity contribution in [2.75, 3.05) is 0 Å². The molecule has 2 aromatic rings. The molecule has 0 N–H and O–H groups in total. The van der Waals surface area contributed by atoms with Gasteiger partial charge in [-0.25, -0.2) is 9.97 Å². The second-order valence-electron chi connectivity index (χ2n) is 5.80. The van der Waals surface area contributed by atoms with Gasteiger partial charge in [0, 0.05) is 22.8 Å². The molecular weight excluding hydrogens is 324 g/mol. The maximum atomic E-state index is 4.75. The lowest BCUT2D eigenvalue weighted by atomic mass is 9.97. The van der Waals surface area contributed by atoms with Crippen LogP contribution in [-0.2, 0) is 25.7 Å². The molecule has 1 aromatic heterocycles. The van der Waals surface area contributed by atoms with E-state index in [1.807, 2.05) is 0 Å². The molecule has 0 unspecified atom stereocenters. The van der Waals surface area contributed by atoms with Crippen LogP contribution in [0, 0.1) is 0 Å². The minimum atomic E-state index is 1.00. The highest BCUT2D eigenvalue weighted by Crippen LogP contribution is 2.19. The van der Waals surface area contributed by atoms with Crippen molar-refractivity contribution in [2.45, 2.75) is 51.4 Å². The van der Waals surface area contributed by atoms with E-state index in [2.05, 4.69) is 51.4 Å². The van der Waals surface area contributed by atoms with E-state index < -0.39 is 0 Å². The minimum Gasteiger partial charge on any atom is -0.241 e. The number of fused-ring (bicyclic) bond motifs is 1. The Bertz CT molecular complexity index is 610. The van der Waals surface area contributed by atoms with Gasteiger partial charge in [-0.05, 0) is 68.2 Å². The van der Waals surface area contributed by atoms with Crippen molar-refractivity contribution < 1.29 is 0 Å². The highest BCUT2D eigenvalue weighted by molar-refractivity contribution is 9.10. The summed E-state index contributed by atoms with van der Waals surface area (Å²) in [6.07, 6.45) is 11.4. The fourth-order valence-electron chi connectivity index (χ4n) is 2.94. The molecular formula is C18H21BrN2. The molecule has 0 saturated heterocycles. The van der Waals surface area contributed by atoms with Crippen LogP contribution < -0.4 is 0 Å². The molecule has 0 spiro atoms.